The van der Waals surface area contributed by atoms with Crippen LogP contribution in [0.3, 0.4) is 0 Å². The summed E-state index contributed by atoms with van der Waals surface area (Å²) in [5, 5.41) is 0. The highest BCUT2D eigenvalue weighted by Crippen LogP contribution is 2.22. The Hall–Kier alpha value is -2.29. The maximum atomic E-state index is 12.5. The summed E-state index contributed by atoms with van der Waals surface area (Å²) in [6.07, 6.45) is 4.53. The predicted molar refractivity (Wildman–Crippen MR) is 96.1 cm³/mol. The Balaban J connectivity index is 1.43. The molecule has 3 nitrogen and oxygen atoms in total. The van der Waals surface area contributed by atoms with Crippen molar-refractivity contribution >= 4 is 5.91 Å². The zero-order valence-corrected chi connectivity index (χ0v) is 14.1. The molecular formula is C21H25NO2. The number of carbonyl (C=O) groups excluding carboxylic acids is 1. The summed E-state index contributed by atoms with van der Waals surface area (Å²) >= 11 is 0. The fraction of sp³-hybridized carbons (Fsp3) is 0.381. The third-order valence-corrected chi connectivity index (χ3v) is 4.56. The van der Waals surface area contributed by atoms with Crippen LogP contribution in [0, 0.1) is 0 Å². The predicted octanol–water partition coefficient (Wildman–Crippen LogP) is 4.08. The highest BCUT2D eigenvalue weighted by atomic mass is 16.5. The first-order valence-electron chi connectivity index (χ1n) is 8.84. The Kier molecular flexibility index (Phi) is 5.89. The van der Waals surface area contributed by atoms with Gasteiger partial charge in [-0.05, 0) is 43.4 Å². The number of carbonyl (C=O) groups is 1. The molecule has 3 rings (SSSR count). The molecule has 0 aromatic heterocycles. The largest absolute Gasteiger partial charge is 0.494 e. The molecule has 24 heavy (non-hydrogen) atoms. The van der Waals surface area contributed by atoms with Crippen molar-refractivity contribution < 1.29 is 9.53 Å². The van der Waals surface area contributed by atoms with Gasteiger partial charge in [-0.25, -0.2) is 0 Å². The van der Waals surface area contributed by atoms with E-state index in [1.807, 2.05) is 36.4 Å². The molecule has 1 unspecified atom stereocenters. The molecule has 1 aliphatic heterocycles. The first-order valence-corrected chi connectivity index (χ1v) is 8.84. The van der Waals surface area contributed by atoms with Gasteiger partial charge in [0.05, 0.1) is 6.61 Å². The quantitative estimate of drug-likeness (QED) is 0.719. The zero-order chi connectivity index (χ0) is 16.6. The Morgan fingerprint density at radius 1 is 1.04 bits per heavy atom. The lowest BCUT2D eigenvalue weighted by molar-refractivity contribution is -0.132. The van der Waals surface area contributed by atoms with Gasteiger partial charge in [-0.3, -0.25) is 4.79 Å². The fourth-order valence-corrected chi connectivity index (χ4v) is 3.34. The fourth-order valence-electron chi connectivity index (χ4n) is 3.34. The normalized spacial score (nSPS) is 17.0. The number of para-hydroxylation sites is 1. The van der Waals surface area contributed by atoms with Gasteiger partial charge in [0.15, 0.2) is 0 Å². The molecule has 1 amide bonds. The van der Waals surface area contributed by atoms with Crippen LogP contribution in [-0.4, -0.2) is 30.0 Å². The van der Waals surface area contributed by atoms with Gasteiger partial charge < -0.3 is 9.64 Å². The van der Waals surface area contributed by atoms with Gasteiger partial charge >= 0.3 is 0 Å². The molecule has 0 spiro atoms. The molecule has 0 radical (unpaired) electrons. The van der Waals surface area contributed by atoms with Crippen molar-refractivity contribution in [3.8, 4) is 5.75 Å². The van der Waals surface area contributed by atoms with E-state index in [-0.39, 0.29) is 5.91 Å². The van der Waals surface area contributed by atoms with E-state index in [1.54, 1.807) is 0 Å². The summed E-state index contributed by atoms with van der Waals surface area (Å²) in [5.74, 6) is 1.14. The summed E-state index contributed by atoms with van der Waals surface area (Å²) in [6, 6.07) is 20.6. The lowest BCUT2D eigenvalue weighted by Crippen LogP contribution is -2.36. The second-order valence-electron chi connectivity index (χ2n) is 6.34. The Morgan fingerprint density at radius 2 is 1.75 bits per heavy atom. The van der Waals surface area contributed by atoms with Crippen molar-refractivity contribution in [3.63, 3.8) is 0 Å². The molecule has 1 atom stereocenters. The molecule has 1 heterocycles. The summed E-state index contributed by atoms with van der Waals surface area (Å²) in [5.41, 5.74) is 1.31. The van der Waals surface area contributed by atoms with Crippen LogP contribution in [0.1, 0.15) is 31.2 Å². The summed E-state index contributed by atoms with van der Waals surface area (Å²) in [7, 11) is 0. The molecular weight excluding hydrogens is 298 g/mol. The topological polar surface area (TPSA) is 29.5 Å². The van der Waals surface area contributed by atoms with E-state index in [0.29, 0.717) is 19.1 Å². The van der Waals surface area contributed by atoms with Crippen LogP contribution in [-0.2, 0) is 11.2 Å². The standard InChI is InChI=1S/C21H25NO2/c23-21(14-8-16-24-20-12-5-2-6-13-20)22-15-7-11-19(22)17-18-9-3-1-4-10-18/h1-6,9-10,12-13,19H,7-8,11,14-17H2. The molecule has 1 fully saturated rings. The van der Waals surface area contributed by atoms with E-state index < -0.39 is 0 Å². The van der Waals surface area contributed by atoms with Crippen LogP contribution in [0.4, 0.5) is 0 Å². The number of nitrogens with zero attached hydrogens (tertiary/aromatic N) is 1. The molecule has 0 saturated carbocycles. The smallest absolute Gasteiger partial charge is 0.222 e. The highest BCUT2D eigenvalue weighted by molar-refractivity contribution is 5.76. The first-order chi connectivity index (χ1) is 11.8. The number of amides is 1. The van der Waals surface area contributed by atoms with Gasteiger partial charge in [-0.2, -0.15) is 0 Å². The van der Waals surface area contributed by atoms with Crippen molar-refractivity contribution in [1.82, 2.24) is 4.90 Å². The Labute approximate surface area is 144 Å². The summed E-state index contributed by atoms with van der Waals surface area (Å²) < 4.78 is 5.67. The van der Waals surface area contributed by atoms with E-state index in [9.17, 15) is 4.79 Å². The van der Waals surface area contributed by atoms with Crippen molar-refractivity contribution in [1.29, 1.82) is 0 Å². The monoisotopic (exact) mass is 323 g/mol. The minimum atomic E-state index is 0.269. The van der Waals surface area contributed by atoms with Crippen LogP contribution < -0.4 is 4.74 Å². The molecule has 3 heteroatoms. The van der Waals surface area contributed by atoms with Gasteiger partial charge in [0.2, 0.25) is 5.91 Å². The van der Waals surface area contributed by atoms with Gasteiger partial charge in [0.25, 0.3) is 0 Å². The number of benzene rings is 2. The van der Waals surface area contributed by atoms with Crippen LogP contribution in [0.25, 0.3) is 0 Å². The van der Waals surface area contributed by atoms with Gasteiger partial charge in [-0.15, -0.1) is 0 Å². The zero-order valence-electron chi connectivity index (χ0n) is 14.1. The third kappa shape index (κ3) is 4.60. The Bertz CT molecular complexity index is 627. The third-order valence-electron chi connectivity index (χ3n) is 4.56. The van der Waals surface area contributed by atoms with Gasteiger partial charge in [-0.1, -0.05) is 48.5 Å². The molecule has 1 aliphatic rings. The van der Waals surface area contributed by atoms with Crippen LogP contribution >= 0.6 is 0 Å². The van der Waals surface area contributed by atoms with Crippen LogP contribution in [0.5, 0.6) is 5.75 Å². The molecule has 0 bridgehead atoms. The second kappa shape index (κ2) is 8.53. The summed E-state index contributed by atoms with van der Waals surface area (Å²) in [4.78, 5) is 14.6. The lowest BCUT2D eigenvalue weighted by atomic mass is 10.0. The number of hydrogen-bond acceptors (Lipinski definition) is 2. The second-order valence-corrected chi connectivity index (χ2v) is 6.34. The van der Waals surface area contributed by atoms with Crippen LogP contribution in [0.2, 0.25) is 0 Å². The van der Waals surface area contributed by atoms with E-state index in [1.165, 1.54) is 5.56 Å². The average Bonchev–Trinajstić information content (AvgIpc) is 3.08. The molecule has 0 aliphatic carbocycles. The maximum Gasteiger partial charge on any atom is 0.222 e. The van der Waals surface area contributed by atoms with Gasteiger partial charge in [0.1, 0.15) is 5.75 Å². The average molecular weight is 323 g/mol. The van der Waals surface area contributed by atoms with Crippen molar-refractivity contribution in [2.45, 2.75) is 38.1 Å². The number of hydrogen-bond donors (Lipinski definition) is 0. The minimum Gasteiger partial charge on any atom is -0.494 e. The minimum absolute atomic E-state index is 0.269. The first kappa shape index (κ1) is 16.6. The maximum absolute atomic E-state index is 12.5. The van der Waals surface area contributed by atoms with Crippen LogP contribution in [0.15, 0.2) is 60.7 Å². The molecule has 2 aromatic carbocycles. The SMILES string of the molecule is O=C(CCCOc1ccccc1)N1CCCC1Cc1ccccc1. The van der Waals surface area contributed by atoms with E-state index in [0.717, 1.165) is 38.0 Å². The molecule has 1 saturated heterocycles. The highest BCUT2D eigenvalue weighted by Gasteiger charge is 2.28. The van der Waals surface area contributed by atoms with Gasteiger partial charge in [0, 0.05) is 19.0 Å². The van der Waals surface area contributed by atoms with E-state index in [2.05, 4.69) is 29.2 Å². The Morgan fingerprint density at radius 3 is 2.50 bits per heavy atom. The van der Waals surface area contributed by atoms with Crippen molar-refractivity contribution in [3.05, 3.63) is 66.2 Å². The lowest BCUT2D eigenvalue weighted by Gasteiger charge is -2.25. The van der Waals surface area contributed by atoms with E-state index in [4.69, 9.17) is 4.74 Å². The molecule has 0 N–H and O–H groups in total. The number of rotatable bonds is 7. The molecule has 2 aromatic rings. The van der Waals surface area contributed by atoms with Crippen molar-refractivity contribution in [2.24, 2.45) is 0 Å². The summed E-state index contributed by atoms with van der Waals surface area (Å²) in [6.45, 7) is 1.49. The van der Waals surface area contributed by atoms with Crippen molar-refractivity contribution in [2.75, 3.05) is 13.2 Å². The number of likely N-dealkylation sites (tertiary alicyclic amines) is 1. The molecule has 126 valence electrons. The van der Waals surface area contributed by atoms with E-state index >= 15 is 0 Å². The number of ether oxygens (including phenoxy) is 1.